The molecule has 0 aromatic carbocycles. The summed E-state index contributed by atoms with van der Waals surface area (Å²) >= 11 is 2.16. The first-order valence-electron chi connectivity index (χ1n) is 4.50. The van der Waals surface area contributed by atoms with E-state index in [1.807, 2.05) is 0 Å². The van der Waals surface area contributed by atoms with Gasteiger partial charge in [0, 0.05) is 18.9 Å². The van der Waals surface area contributed by atoms with Crippen molar-refractivity contribution in [1.82, 2.24) is 19.8 Å². The Morgan fingerprint density at radius 1 is 1.56 bits per heavy atom. The van der Waals surface area contributed by atoms with Crippen LogP contribution in [-0.2, 0) is 22.6 Å². The van der Waals surface area contributed by atoms with Gasteiger partial charge >= 0.3 is 6.03 Å². The Kier molecular flexibility index (Phi) is 5.34. The molecule has 11 heteroatoms. The molecule has 0 bridgehead atoms. The van der Waals surface area contributed by atoms with Crippen molar-refractivity contribution < 1.29 is 18.3 Å². The number of carbonyl (C=O) groups excluding carboxylic acids is 1. The third-order valence-corrected chi connectivity index (χ3v) is 2.44. The topological polar surface area (TPSA) is 120 Å². The minimum absolute atomic E-state index is 0.0538. The SMILES string of the molecule is COCc1nc(C)nc(N(C(=O)NCl)S(=O)[O-])n1. The zero-order valence-corrected chi connectivity index (χ0v) is 11.0. The van der Waals surface area contributed by atoms with E-state index in [0.717, 1.165) is 0 Å². The molecular weight excluding hydrogens is 286 g/mol. The number of amides is 2. The lowest BCUT2D eigenvalue weighted by Gasteiger charge is -2.21. The second-order valence-corrected chi connectivity index (χ2v) is 3.93. The molecule has 100 valence electrons. The van der Waals surface area contributed by atoms with Crippen molar-refractivity contribution in [3.63, 3.8) is 0 Å². The van der Waals surface area contributed by atoms with Gasteiger partial charge in [0.05, 0.1) is 11.3 Å². The Bertz CT molecular complexity index is 473. The van der Waals surface area contributed by atoms with Gasteiger partial charge in [0.1, 0.15) is 12.4 Å². The van der Waals surface area contributed by atoms with Crippen molar-refractivity contribution in [3.05, 3.63) is 11.6 Å². The van der Waals surface area contributed by atoms with Crippen LogP contribution in [0.2, 0.25) is 0 Å². The number of anilines is 1. The minimum atomic E-state index is -2.91. The van der Waals surface area contributed by atoms with Crippen molar-refractivity contribution in [3.8, 4) is 0 Å². The molecule has 1 unspecified atom stereocenters. The van der Waals surface area contributed by atoms with Gasteiger partial charge in [-0.05, 0) is 6.92 Å². The quantitative estimate of drug-likeness (QED) is 0.602. The van der Waals surface area contributed by atoms with E-state index in [4.69, 9.17) is 16.5 Å². The van der Waals surface area contributed by atoms with Crippen molar-refractivity contribution in [2.75, 3.05) is 11.4 Å². The Morgan fingerprint density at radius 3 is 2.72 bits per heavy atom. The Balaban J connectivity index is 3.19. The van der Waals surface area contributed by atoms with Gasteiger partial charge in [0.15, 0.2) is 5.82 Å². The van der Waals surface area contributed by atoms with Crippen LogP contribution in [0.3, 0.4) is 0 Å². The highest BCUT2D eigenvalue weighted by atomic mass is 35.5. The molecule has 1 aromatic heterocycles. The fourth-order valence-corrected chi connectivity index (χ4v) is 1.60. The summed E-state index contributed by atoms with van der Waals surface area (Å²) in [6, 6.07) is -1.10. The zero-order valence-electron chi connectivity index (χ0n) is 9.42. The lowest BCUT2D eigenvalue weighted by Crippen LogP contribution is -2.39. The Hall–Kier alpha value is -1.36. The number of urea groups is 1. The number of rotatable bonds is 4. The molecule has 1 aromatic rings. The van der Waals surface area contributed by atoms with Crippen LogP contribution < -0.4 is 9.14 Å². The van der Waals surface area contributed by atoms with E-state index in [9.17, 15) is 13.6 Å². The first-order valence-corrected chi connectivity index (χ1v) is 5.91. The number of hydrogen-bond donors (Lipinski definition) is 1. The van der Waals surface area contributed by atoms with Gasteiger partial charge in [-0.2, -0.15) is 14.3 Å². The number of halogens is 1. The summed E-state index contributed by atoms with van der Waals surface area (Å²) in [5, 5.41) is 0. The standard InChI is InChI=1S/C7H10ClN5O4S/c1-4-9-5(3-17-2)11-6(10-4)13(18(15)16)7(14)12-8/h3H2,1-2H3,(H,12,14)(H,15,16)/p-1. The van der Waals surface area contributed by atoms with Crippen LogP contribution in [0, 0.1) is 6.92 Å². The van der Waals surface area contributed by atoms with Crippen molar-refractivity contribution in [2.24, 2.45) is 0 Å². The number of aromatic nitrogens is 3. The second kappa shape index (κ2) is 6.54. The molecule has 0 fully saturated rings. The number of carbonyl (C=O) groups is 1. The molecule has 1 heterocycles. The average molecular weight is 295 g/mol. The maximum atomic E-state index is 11.3. The molecule has 9 nitrogen and oxygen atoms in total. The van der Waals surface area contributed by atoms with E-state index in [1.165, 1.54) is 14.0 Å². The predicted octanol–water partition coefficient (Wildman–Crippen LogP) is -0.210. The molecule has 1 atom stereocenters. The second-order valence-electron chi connectivity index (χ2n) is 2.94. The van der Waals surface area contributed by atoms with Crippen LogP contribution in [-0.4, -0.2) is 36.9 Å². The Morgan fingerprint density at radius 2 is 2.22 bits per heavy atom. The van der Waals surface area contributed by atoms with E-state index < -0.39 is 17.3 Å². The first kappa shape index (κ1) is 14.7. The van der Waals surface area contributed by atoms with Crippen LogP contribution in [0.25, 0.3) is 0 Å². The summed E-state index contributed by atoms with van der Waals surface area (Å²) in [4.78, 5) is 24.4. The van der Waals surface area contributed by atoms with Crippen LogP contribution in [0.1, 0.15) is 11.6 Å². The van der Waals surface area contributed by atoms with Crippen LogP contribution in [0.4, 0.5) is 10.7 Å². The Labute approximate surface area is 110 Å². The molecule has 0 aliphatic carbocycles. The molecule has 0 spiro atoms. The van der Waals surface area contributed by atoms with E-state index in [2.05, 4.69) is 15.0 Å². The molecular formula is C7H9ClN5O4S-. The highest BCUT2D eigenvalue weighted by Crippen LogP contribution is 2.10. The molecule has 0 radical (unpaired) electrons. The van der Waals surface area contributed by atoms with Gasteiger partial charge in [0.2, 0.25) is 5.95 Å². The molecule has 1 N–H and O–H groups in total. The van der Waals surface area contributed by atoms with E-state index in [0.29, 0.717) is 0 Å². The number of aryl methyl sites for hydroxylation is 1. The van der Waals surface area contributed by atoms with Gasteiger partial charge in [-0.15, -0.1) is 0 Å². The van der Waals surface area contributed by atoms with Crippen LogP contribution in [0.5, 0.6) is 0 Å². The van der Waals surface area contributed by atoms with E-state index in [1.54, 1.807) is 4.84 Å². The van der Waals surface area contributed by atoms with Crippen molar-refractivity contribution in [2.45, 2.75) is 13.5 Å². The van der Waals surface area contributed by atoms with E-state index in [-0.39, 0.29) is 28.5 Å². The number of nitrogens with one attached hydrogen (secondary N) is 1. The number of methoxy groups -OCH3 is 1. The third kappa shape index (κ3) is 3.57. The fraction of sp³-hybridized carbons (Fsp3) is 0.429. The predicted molar refractivity (Wildman–Crippen MR) is 61.1 cm³/mol. The summed E-state index contributed by atoms with van der Waals surface area (Å²) in [5.74, 6) is 0.0729. The lowest BCUT2D eigenvalue weighted by molar-refractivity contribution is 0.177. The molecule has 0 saturated heterocycles. The fourth-order valence-electron chi connectivity index (χ4n) is 1.07. The van der Waals surface area contributed by atoms with Gasteiger partial charge < -0.3 is 9.29 Å². The van der Waals surface area contributed by atoms with Crippen molar-refractivity contribution in [1.29, 1.82) is 0 Å². The molecule has 0 aliphatic rings. The van der Waals surface area contributed by atoms with Gasteiger partial charge in [0.25, 0.3) is 0 Å². The summed E-state index contributed by atoms with van der Waals surface area (Å²) < 4.78 is 27.0. The summed E-state index contributed by atoms with van der Waals surface area (Å²) in [5.41, 5.74) is 0. The van der Waals surface area contributed by atoms with Gasteiger partial charge in [-0.3, -0.25) is 4.21 Å². The first-order chi connectivity index (χ1) is 8.49. The molecule has 2 amide bonds. The molecule has 0 saturated carbocycles. The largest absolute Gasteiger partial charge is 0.755 e. The summed E-state index contributed by atoms with van der Waals surface area (Å²) in [6.07, 6.45) is 0. The minimum Gasteiger partial charge on any atom is -0.755 e. The molecule has 0 aliphatic heterocycles. The highest BCUT2D eigenvalue weighted by molar-refractivity contribution is 7.81. The van der Waals surface area contributed by atoms with Crippen molar-refractivity contribution >= 4 is 35.0 Å². The molecule has 1 rings (SSSR count). The van der Waals surface area contributed by atoms with E-state index >= 15 is 0 Å². The monoisotopic (exact) mass is 294 g/mol. The number of ether oxygens (including phenoxy) is 1. The normalized spacial score (nSPS) is 12.0. The van der Waals surface area contributed by atoms with Crippen LogP contribution in [0.15, 0.2) is 0 Å². The number of nitrogens with zero attached hydrogens (tertiary/aromatic N) is 4. The maximum absolute atomic E-state index is 11.3. The van der Waals surface area contributed by atoms with Crippen LogP contribution >= 0.6 is 11.8 Å². The zero-order chi connectivity index (χ0) is 13.7. The van der Waals surface area contributed by atoms with Gasteiger partial charge in [-0.1, -0.05) is 0 Å². The lowest BCUT2D eigenvalue weighted by atomic mass is 10.6. The summed E-state index contributed by atoms with van der Waals surface area (Å²) in [6.45, 7) is 1.58. The summed E-state index contributed by atoms with van der Waals surface area (Å²) in [7, 11) is 1.42. The van der Waals surface area contributed by atoms with Gasteiger partial charge in [-0.25, -0.2) is 14.6 Å². The highest BCUT2D eigenvalue weighted by Gasteiger charge is 2.20. The third-order valence-electron chi connectivity index (χ3n) is 1.65. The maximum Gasteiger partial charge on any atom is 0.350 e. The smallest absolute Gasteiger partial charge is 0.350 e. The number of hydrogen-bond acceptors (Lipinski definition) is 7. The molecule has 18 heavy (non-hydrogen) atoms. The average Bonchev–Trinajstić information content (AvgIpc) is 2.28.